The Morgan fingerprint density at radius 3 is 2.38 bits per heavy atom. The molecule has 0 spiro atoms. The fourth-order valence-corrected chi connectivity index (χ4v) is 1.67. The van der Waals surface area contributed by atoms with Gasteiger partial charge < -0.3 is 10.6 Å². The van der Waals surface area contributed by atoms with E-state index in [-0.39, 0.29) is 18.0 Å². The molecule has 0 aliphatic heterocycles. The smallest absolute Gasteiger partial charge is 0.376 e. The van der Waals surface area contributed by atoms with Gasteiger partial charge >= 0.3 is 6.18 Å². The van der Waals surface area contributed by atoms with Crippen LogP contribution in [-0.2, 0) is 11.0 Å². The van der Waals surface area contributed by atoms with Gasteiger partial charge in [0.25, 0.3) is 0 Å². The van der Waals surface area contributed by atoms with Crippen molar-refractivity contribution in [1.29, 1.82) is 0 Å². The summed E-state index contributed by atoms with van der Waals surface area (Å²) in [6, 6.07) is 3.44. The second-order valence-corrected chi connectivity index (χ2v) is 5.67. The van der Waals surface area contributed by atoms with Crippen molar-refractivity contribution in [2.75, 3.05) is 11.9 Å². The summed E-state index contributed by atoms with van der Waals surface area (Å²) in [6.07, 6.45) is -3.63. The summed E-state index contributed by atoms with van der Waals surface area (Å²) in [7, 11) is 0. The van der Waals surface area contributed by atoms with Crippen molar-refractivity contribution < 1.29 is 18.0 Å². The van der Waals surface area contributed by atoms with E-state index in [1.54, 1.807) is 6.92 Å². The van der Waals surface area contributed by atoms with Gasteiger partial charge in [-0.2, -0.15) is 13.2 Å². The predicted octanol–water partition coefficient (Wildman–Crippen LogP) is 3.73. The fourth-order valence-electron chi connectivity index (χ4n) is 1.67. The molecule has 0 radical (unpaired) electrons. The van der Waals surface area contributed by atoms with E-state index in [1.807, 2.05) is 20.8 Å². The number of amides is 1. The quantitative estimate of drug-likeness (QED) is 0.870. The minimum Gasteiger partial charge on any atom is -0.376 e. The number of hydrogen-bond acceptors (Lipinski definition) is 2. The monoisotopic (exact) mass is 302 g/mol. The maximum absolute atomic E-state index is 12.7. The second-order valence-electron chi connectivity index (χ2n) is 5.67. The van der Waals surface area contributed by atoms with Gasteiger partial charge in [0.15, 0.2) is 0 Å². The van der Waals surface area contributed by atoms with Gasteiger partial charge in [0.05, 0.1) is 12.1 Å². The second kappa shape index (κ2) is 6.37. The molecule has 0 heterocycles. The highest BCUT2D eigenvalue weighted by atomic mass is 19.4. The van der Waals surface area contributed by atoms with Crippen LogP contribution in [0.2, 0.25) is 0 Å². The Labute approximate surface area is 122 Å². The van der Waals surface area contributed by atoms with Gasteiger partial charge in [-0.05, 0) is 44.9 Å². The molecule has 21 heavy (non-hydrogen) atoms. The van der Waals surface area contributed by atoms with Gasteiger partial charge in [0, 0.05) is 11.2 Å². The number of carbonyl (C=O) groups is 1. The third-order valence-corrected chi connectivity index (χ3v) is 3.37. The largest absolute Gasteiger partial charge is 0.416 e. The minimum absolute atomic E-state index is 0.0639. The van der Waals surface area contributed by atoms with Gasteiger partial charge in [0.2, 0.25) is 5.91 Å². The Morgan fingerprint density at radius 1 is 1.24 bits per heavy atom. The van der Waals surface area contributed by atoms with Crippen molar-refractivity contribution in [3.8, 4) is 0 Å². The molecule has 118 valence electrons. The van der Waals surface area contributed by atoms with Crippen molar-refractivity contribution in [3.63, 3.8) is 0 Å². The van der Waals surface area contributed by atoms with Crippen LogP contribution in [0.4, 0.5) is 18.9 Å². The molecular weight excluding hydrogens is 281 g/mol. The van der Waals surface area contributed by atoms with E-state index in [0.717, 1.165) is 18.6 Å². The van der Waals surface area contributed by atoms with Crippen LogP contribution in [0.1, 0.15) is 38.3 Å². The van der Waals surface area contributed by atoms with Crippen molar-refractivity contribution in [1.82, 2.24) is 5.32 Å². The van der Waals surface area contributed by atoms with Crippen LogP contribution in [-0.4, -0.2) is 18.0 Å². The Balaban J connectivity index is 2.73. The number of anilines is 1. The first-order valence-corrected chi connectivity index (χ1v) is 6.78. The number of rotatable bonds is 5. The molecule has 0 atom stereocenters. The Kier molecular flexibility index (Phi) is 5.25. The van der Waals surface area contributed by atoms with Crippen molar-refractivity contribution in [3.05, 3.63) is 29.3 Å². The maximum Gasteiger partial charge on any atom is 0.416 e. The van der Waals surface area contributed by atoms with Gasteiger partial charge in [-0.25, -0.2) is 0 Å². The van der Waals surface area contributed by atoms with Gasteiger partial charge in [0.1, 0.15) is 0 Å². The van der Waals surface area contributed by atoms with Crippen LogP contribution >= 0.6 is 0 Å². The minimum atomic E-state index is -4.39. The number of nitrogens with one attached hydrogen (secondary N) is 2. The molecule has 6 heteroatoms. The molecule has 3 nitrogen and oxygen atoms in total. The molecule has 1 aromatic rings. The van der Waals surface area contributed by atoms with Gasteiger partial charge in [-0.1, -0.05) is 13.0 Å². The lowest BCUT2D eigenvalue weighted by molar-refractivity contribution is -0.137. The highest BCUT2D eigenvalue weighted by Crippen LogP contribution is 2.31. The first kappa shape index (κ1) is 17.3. The summed E-state index contributed by atoms with van der Waals surface area (Å²) in [5.74, 6) is -0.251. The molecular formula is C15H21F3N2O. The number of halogens is 3. The third kappa shape index (κ3) is 5.28. The zero-order valence-corrected chi connectivity index (χ0v) is 12.7. The fraction of sp³-hybridized carbons (Fsp3) is 0.533. The molecule has 0 aromatic heterocycles. The van der Waals surface area contributed by atoms with E-state index in [1.165, 1.54) is 6.07 Å². The highest BCUT2D eigenvalue weighted by Gasteiger charge is 2.30. The number of hydrogen-bond donors (Lipinski definition) is 2. The number of alkyl halides is 3. The average molecular weight is 302 g/mol. The lowest BCUT2D eigenvalue weighted by atomic mass is 10.0. The van der Waals surface area contributed by atoms with E-state index < -0.39 is 11.7 Å². The summed E-state index contributed by atoms with van der Waals surface area (Å²) in [6.45, 7) is 7.35. The van der Waals surface area contributed by atoms with Crippen molar-refractivity contribution in [2.24, 2.45) is 0 Å². The number of aryl methyl sites for hydroxylation is 1. The molecule has 1 aromatic carbocycles. The molecule has 0 aliphatic carbocycles. The van der Waals surface area contributed by atoms with Crippen LogP contribution in [0.15, 0.2) is 18.2 Å². The topological polar surface area (TPSA) is 41.1 Å². The molecule has 0 saturated heterocycles. The molecule has 0 unspecified atom stereocenters. The first-order valence-electron chi connectivity index (χ1n) is 6.78. The zero-order valence-electron chi connectivity index (χ0n) is 12.7. The van der Waals surface area contributed by atoms with E-state index in [0.29, 0.717) is 11.3 Å². The average Bonchev–Trinajstić information content (AvgIpc) is 2.36. The molecule has 0 saturated carbocycles. The van der Waals surface area contributed by atoms with Crippen LogP contribution in [0.3, 0.4) is 0 Å². The molecule has 0 bridgehead atoms. The Hall–Kier alpha value is -1.72. The molecule has 1 amide bonds. The molecule has 0 fully saturated rings. The van der Waals surface area contributed by atoms with E-state index in [9.17, 15) is 18.0 Å². The van der Waals surface area contributed by atoms with Gasteiger partial charge in [-0.15, -0.1) is 0 Å². The van der Waals surface area contributed by atoms with Crippen molar-refractivity contribution >= 4 is 11.6 Å². The normalized spacial score (nSPS) is 12.1. The standard InChI is InChI=1S/C15H21F3N2O/c1-5-14(3,4)20-13(21)9-19-12-8-11(15(16,17)18)7-6-10(12)2/h6-8,19H,5,9H2,1-4H3,(H,20,21). The Bertz CT molecular complexity index is 510. The summed E-state index contributed by atoms with van der Waals surface area (Å²) >= 11 is 0. The third-order valence-electron chi connectivity index (χ3n) is 3.37. The van der Waals surface area contributed by atoms with Crippen LogP contribution in [0, 0.1) is 6.92 Å². The van der Waals surface area contributed by atoms with Crippen LogP contribution in [0.25, 0.3) is 0 Å². The maximum atomic E-state index is 12.7. The van der Waals surface area contributed by atoms with Gasteiger partial charge in [-0.3, -0.25) is 4.79 Å². The lowest BCUT2D eigenvalue weighted by Crippen LogP contribution is -2.45. The molecule has 0 aliphatic rings. The van der Waals surface area contributed by atoms with E-state index >= 15 is 0 Å². The predicted molar refractivity (Wildman–Crippen MR) is 77.2 cm³/mol. The zero-order chi connectivity index (χ0) is 16.3. The summed E-state index contributed by atoms with van der Waals surface area (Å²) in [4.78, 5) is 11.8. The highest BCUT2D eigenvalue weighted by molar-refractivity contribution is 5.81. The van der Waals surface area contributed by atoms with Crippen LogP contribution < -0.4 is 10.6 Å². The lowest BCUT2D eigenvalue weighted by Gasteiger charge is -2.24. The van der Waals surface area contributed by atoms with Crippen molar-refractivity contribution in [2.45, 2.75) is 45.8 Å². The van der Waals surface area contributed by atoms with E-state index in [2.05, 4.69) is 10.6 Å². The van der Waals surface area contributed by atoms with E-state index in [4.69, 9.17) is 0 Å². The SMILES string of the molecule is CCC(C)(C)NC(=O)CNc1cc(C(F)(F)F)ccc1C. The molecule has 2 N–H and O–H groups in total. The number of carbonyl (C=O) groups excluding carboxylic acids is 1. The summed E-state index contributed by atoms with van der Waals surface area (Å²) in [5.41, 5.74) is -0.0912. The first-order chi connectivity index (χ1) is 9.55. The number of benzene rings is 1. The Morgan fingerprint density at radius 2 is 1.86 bits per heavy atom. The molecule has 1 rings (SSSR count). The summed E-state index contributed by atoms with van der Waals surface area (Å²) < 4.78 is 38.0. The summed E-state index contributed by atoms with van der Waals surface area (Å²) in [5, 5.41) is 5.58. The van der Waals surface area contributed by atoms with Crippen LogP contribution in [0.5, 0.6) is 0 Å².